The van der Waals surface area contributed by atoms with Gasteiger partial charge in [-0.25, -0.2) is 4.79 Å². The smallest absolute Gasteiger partial charge is 0.330 e. The molecule has 0 atom stereocenters. The highest BCUT2D eigenvalue weighted by Gasteiger charge is 2.08. The van der Waals surface area contributed by atoms with E-state index in [4.69, 9.17) is 4.74 Å². The molecule has 6 heteroatoms. The number of hydrogen-bond donors (Lipinski definition) is 0. The first-order valence-corrected chi connectivity index (χ1v) is 7.53. The first kappa shape index (κ1) is 17.0. The summed E-state index contributed by atoms with van der Waals surface area (Å²) in [6, 6.07) is 9.38. The maximum atomic E-state index is 11.9. The van der Waals surface area contributed by atoms with Gasteiger partial charge in [0.2, 0.25) is 0 Å². The molecule has 2 rings (SSSR count). The predicted molar refractivity (Wildman–Crippen MR) is 89.9 cm³/mol. The molecule has 0 spiro atoms. The Labute approximate surface area is 135 Å². The van der Waals surface area contributed by atoms with Gasteiger partial charge in [-0.05, 0) is 25.6 Å². The molecule has 2 aromatic rings. The van der Waals surface area contributed by atoms with Crippen LogP contribution >= 0.6 is 0 Å². The Morgan fingerprint density at radius 3 is 2.52 bits per heavy atom. The van der Waals surface area contributed by atoms with Gasteiger partial charge in [0.25, 0.3) is 5.56 Å². The molecule has 23 heavy (non-hydrogen) atoms. The van der Waals surface area contributed by atoms with E-state index in [1.54, 1.807) is 7.05 Å². The van der Waals surface area contributed by atoms with Crippen LogP contribution in [0.3, 0.4) is 0 Å². The van der Waals surface area contributed by atoms with Crippen LogP contribution in [-0.2, 0) is 20.6 Å². The molecule has 0 N–H and O–H groups in total. The minimum absolute atomic E-state index is 0.285. The Kier molecular flexibility index (Phi) is 5.39. The largest absolute Gasteiger partial charge is 0.492 e. The number of rotatable bonds is 6. The van der Waals surface area contributed by atoms with Crippen LogP contribution in [-0.4, -0.2) is 34.2 Å². The van der Waals surface area contributed by atoms with Gasteiger partial charge in [0.15, 0.2) is 0 Å². The third-order valence-corrected chi connectivity index (χ3v) is 3.88. The fourth-order valence-corrected chi connectivity index (χ4v) is 2.32. The summed E-state index contributed by atoms with van der Waals surface area (Å²) in [5.74, 6) is 0.877. The molecule has 1 aromatic carbocycles. The SMILES string of the molecule is Cc1ccccc1OCCN(C)Cc1cc(=O)n(C)c(=O)n1C. The van der Waals surface area contributed by atoms with Crippen LogP contribution in [0.1, 0.15) is 11.3 Å². The Bertz CT molecular complexity index is 792. The molecule has 0 fully saturated rings. The van der Waals surface area contributed by atoms with Gasteiger partial charge in [-0.1, -0.05) is 18.2 Å². The third-order valence-electron chi connectivity index (χ3n) is 3.88. The molecule has 0 bridgehead atoms. The average molecular weight is 317 g/mol. The first-order chi connectivity index (χ1) is 10.9. The maximum Gasteiger partial charge on any atom is 0.330 e. The Morgan fingerprint density at radius 1 is 1.13 bits per heavy atom. The summed E-state index contributed by atoms with van der Waals surface area (Å²) in [5.41, 5.74) is 1.20. The zero-order chi connectivity index (χ0) is 17.0. The number of hydrogen-bond acceptors (Lipinski definition) is 4. The van der Waals surface area contributed by atoms with Gasteiger partial charge in [0.1, 0.15) is 12.4 Å². The van der Waals surface area contributed by atoms with Gasteiger partial charge in [-0.2, -0.15) is 0 Å². The summed E-state index contributed by atoms with van der Waals surface area (Å²) >= 11 is 0. The molecule has 0 radical (unpaired) electrons. The molecule has 0 aliphatic carbocycles. The zero-order valence-corrected chi connectivity index (χ0v) is 14.1. The summed E-state index contributed by atoms with van der Waals surface area (Å²) in [6.45, 7) is 3.76. The molecule has 6 nitrogen and oxygen atoms in total. The van der Waals surface area contributed by atoms with E-state index in [0.29, 0.717) is 25.4 Å². The highest BCUT2D eigenvalue weighted by Crippen LogP contribution is 2.15. The van der Waals surface area contributed by atoms with Gasteiger partial charge in [-0.3, -0.25) is 18.8 Å². The van der Waals surface area contributed by atoms with Crippen molar-refractivity contribution in [3.63, 3.8) is 0 Å². The van der Waals surface area contributed by atoms with Crippen LogP contribution in [0.4, 0.5) is 0 Å². The summed E-state index contributed by atoms with van der Waals surface area (Å²) < 4.78 is 8.37. The summed E-state index contributed by atoms with van der Waals surface area (Å²) in [5, 5.41) is 0. The Balaban J connectivity index is 1.96. The van der Waals surface area contributed by atoms with Crippen molar-refractivity contribution in [2.45, 2.75) is 13.5 Å². The van der Waals surface area contributed by atoms with E-state index >= 15 is 0 Å². The molecular weight excluding hydrogens is 294 g/mol. The number of nitrogens with zero attached hydrogens (tertiary/aromatic N) is 3. The van der Waals surface area contributed by atoms with Crippen LogP contribution in [0.2, 0.25) is 0 Å². The van der Waals surface area contributed by atoms with E-state index in [1.807, 2.05) is 43.1 Å². The van der Waals surface area contributed by atoms with Crippen molar-refractivity contribution in [2.75, 3.05) is 20.2 Å². The highest BCUT2D eigenvalue weighted by atomic mass is 16.5. The molecule has 0 amide bonds. The molecule has 0 unspecified atom stereocenters. The number of para-hydroxylation sites is 1. The lowest BCUT2D eigenvalue weighted by Crippen LogP contribution is -2.39. The third kappa shape index (κ3) is 4.10. The van der Waals surface area contributed by atoms with Crippen molar-refractivity contribution in [3.05, 3.63) is 62.4 Å². The molecule has 0 aliphatic heterocycles. The van der Waals surface area contributed by atoms with E-state index < -0.39 is 0 Å². The minimum Gasteiger partial charge on any atom is -0.492 e. The van der Waals surface area contributed by atoms with E-state index in [1.165, 1.54) is 17.7 Å². The molecular formula is C17H23N3O3. The predicted octanol–water partition coefficient (Wildman–Crippen LogP) is 0.903. The second kappa shape index (κ2) is 7.28. The van der Waals surface area contributed by atoms with Crippen molar-refractivity contribution in [3.8, 4) is 5.75 Å². The van der Waals surface area contributed by atoms with Crippen LogP contribution in [0.25, 0.3) is 0 Å². The molecule has 124 valence electrons. The van der Waals surface area contributed by atoms with Crippen molar-refractivity contribution in [1.29, 1.82) is 0 Å². The lowest BCUT2D eigenvalue weighted by atomic mass is 10.2. The minimum atomic E-state index is -0.308. The molecule has 0 saturated carbocycles. The lowest BCUT2D eigenvalue weighted by Gasteiger charge is -2.19. The van der Waals surface area contributed by atoms with Gasteiger partial charge >= 0.3 is 5.69 Å². The zero-order valence-electron chi connectivity index (χ0n) is 14.1. The second-order valence-corrected chi connectivity index (χ2v) is 5.73. The number of aryl methyl sites for hydroxylation is 1. The molecule has 0 aliphatic rings. The fourth-order valence-electron chi connectivity index (χ4n) is 2.32. The second-order valence-electron chi connectivity index (χ2n) is 5.73. The molecule has 0 saturated heterocycles. The summed E-state index contributed by atoms with van der Waals surface area (Å²) in [4.78, 5) is 25.7. The lowest BCUT2D eigenvalue weighted by molar-refractivity contribution is 0.228. The number of likely N-dealkylation sites (N-methyl/N-ethyl adjacent to an activating group) is 1. The standard InChI is InChI=1S/C17H23N3O3/c1-13-7-5-6-8-15(13)23-10-9-18(2)12-14-11-16(21)20(4)17(22)19(14)3/h5-8,11H,9-10,12H2,1-4H3. The van der Waals surface area contributed by atoms with E-state index in [0.717, 1.165) is 15.9 Å². The van der Waals surface area contributed by atoms with E-state index in [9.17, 15) is 9.59 Å². The highest BCUT2D eigenvalue weighted by molar-refractivity contribution is 5.31. The van der Waals surface area contributed by atoms with Gasteiger partial charge in [0.05, 0.1) is 0 Å². The average Bonchev–Trinajstić information content (AvgIpc) is 2.52. The van der Waals surface area contributed by atoms with Crippen LogP contribution in [0.5, 0.6) is 5.75 Å². The Morgan fingerprint density at radius 2 is 1.83 bits per heavy atom. The number of aromatic nitrogens is 2. The summed E-state index contributed by atoms with van der Waals surface area (Å²) in [7, 11) is 5.09. The van der Waals surface area contributed by atoms with E-state index in [2.05, 4.69) is 0 Å². The van der Waals surface area contributed by atoms with Crippen molar-refractivity contribution in [1.82, 2.24) is 14.0 Å². The topological polar surface area (TPSA) is 56.5 Å². The normalized spacial score (nSPS) is 11.0. The summed E-state index contributed by atoms with van der Waals surface area (Å²) in [6.07, 6.45) is 0. The van der Waals surface area contributed by atoms with E-state index in [-0.39, 0.29) is 11.2 Å². The van der Waals surface area contributed by atoms with Crippen LogP contribution < -0.4 is 16.0 Å². The van der Waals surface area contributed by atoms with Gasteiger partial charge in [0, 0.05) is 38.9 Å². The van der Waals surface area contributed by atoms with Crippen LogP contribution in [0.15, 0.2) is 39.9 Å². The van der Waals surface area contributed by atoms with Crippen molar-refractivity contribution < 1.29 is 4.74 Å². The van der Waals surface area contributed by atoms with Crippen molar-refractivity contribution >= 4 is 0 Å². The van der Waals surface area contributed by atoms with Crippen molar-refractivity contribution in [2.24, 2.45) is 14.1 Å². The fraction of sp³-hybridized carbons (Fsp3) is 0.412. The van der Waals surface area contributed by atoms with Crippen LogP contribution in [0, 0.1) is 6.92 Å². The number of benzene rings is 1. The van der Waals surface area contributed by atoms with Gasteiger partial charge < -0.3 is 4.74 Å². The molecule has 1 heterocycles. The molecule has 1 aromatic heterocycles. The van der Waals surface area contributed by atoms with Gasteiger partial charge in [-0.15, -0.1) is 0 Å². The first-order valence-electron chi connectivity index (χ1n) is 7.53. The maximum absolute atomic E-state index is 11.9. The Hall–Kier alpha value is -2.34. The monoisotopic (exact) mass is 317 g/mol. The number of ether oxygens (including phenoxy) is 1. The quantitative estimate of drug-likeness (QED) is 0.794.